The number of ketones is 1. The van der Waals surface area contributed by atoms with Gasteiger partial charge in [-0.2, -0.15) is 0 Å². The topological polar surface area (TPSA) is 128 Å². The molecule has 1 aromatic rings. The summed E-state index contributed by atoms with van der Waals surface area (Å²) in [5.74, 6) is 3.52. The maximum Gasteiger partial charge on any atom is 0.220 e. The van der Waals surface area contributed by atoms with Crippen LogP contribution in [0.2, 0.25) is 0 Å². The summed E-state index contributed by atoms with van der Waals surface area (Å²) < 4.78 is 7.35. The molecule has 55 heavy (non-hydrogen) atoms. The molecule has 1 aromatic carbocycles. The van der Waals surface area contributed by atoms with Crippen molar-refractivity contribution >= 4 is 17.4 Å². The number of aliphatic hydroxyl groups excluding tert-OH is 1. The molecule has 4 fully saturated rings. The first-order chi connectivity index (χ1) is 26.4. The van der Waals surface area contributed by atoms with Crippen molar-refractivity contribution in [2.24, 2.45) is 40.1 Å². The van der Waals surface area contributed by atoms with Gasteiger partial charge in [-0.05, 0) is 155 Å². The number of hydrogen-bond donors (Lipinski definition) is 2. The highest BCUT2D eigenvalue weighted by Crippen LogP contribution is 2.65. The van der Waals surface area contributed by atoms with Gasteiger partial charge in [0, 0.05) is 54.9 Å². The Morgan fingerprint density at radius 3 is 2.71 bits per heavy atom. The number of nitrogens with one attached hydrogen (secondary N) is 1. The highest BCUT2D eigenvalue weighted by molar-refractivity contribution is 5.78. The van der Waals surface area contributed by atoms with Gasteiger partial charge in [-0.25, -0.2) is 0 Å². The number of Topliss-reactive ketones (excluding diaryl/α,β-unsaturated/α-hetero) is 1. The Hall–Kier alpha value is -2.97. The molecule has 300 valence electrons. The van der Waals surface area contributed by atoms with Gasteiger partial charge in [-0.3, -0.25) is 14.5 Å². The smallest absolute Gasteiger partial charge is 0.220 e. The van der Waals surface area contributed by atoms with Gasteiger partial charge in [0.25, 0.3) is 0 Å². The zero-order valence-corrected chi connectivity index (χ0v) is 34.3. The molecule has 9 nitrogen and oxygen atoms in total. The van der Waals surface area contributed by atoms with Crippen molar-refractivity contribution in [3.8, 4) is 0 Å². The number of ether oxygens (including phenoxy) is 1. The van der Waals surface area contributed by atoms with Gasteiger partial charge in [0.05, 0.1) is 17.8 Å². The first kappa shape index (κ1) is 40.2. The normalized spacial score (nSPS) is 35.3. The monoisotopic (exact) mass is 754 g/mol. The van der Waals surface area contributed by atoms with Crippen molar-refractivity contribution in [3.63, 3.8) is 0 Å². The third-order valence-corrected chi connectivity index (χ3v) is 15.5. The van der Waals surface area contributed by atoms with E-state index >= 15 is 0 Å². The Balaban J connectivity index is 0.851. The first-order valence-corrected chi connectivity index (χ1v) is 21.9. The third-order valence-electron chi connectivity index (χ3n) is 15.5. The number of hydrogen-bond acceptors (Lipinski definition) is 6. The molecular formula is C46H67N5O4. The Morgan fingerprint density at radius 1 is 1.07 bits per heavy atom. The quantitative estimate of drug-likeness (QED) is 0.0643. The number of aryl methyl sites for hydroxylation is 2. The van der Waals surface area contributed by atoms with E-state index in [9.17, 15) is 14.7 Å². The predicted octanol–water partition coefficient (Wildman–Crippen LogP) is 9.62. The molecule has 0 aromatic heterocycles. The summed E-state index contributed by atoms with van der Waals surface area (Å²) in [6.07, 6.45) is 17.3. The molecule has 0 bridgehead atoms. The van der Waals surface area contributed by atoms with Crippen LogP contribution in [0.5, 0.6) is 0 Å². The molecule has 7 rings (SSSR count). The second-order valence-electron chi connectivity index (χ2n) is 18.8. The standard InChI is InChI=1S/C46H67N5O4/c1-29-24-42-44(32(4)46(55-42)21-19-37-38-16-15-34-26-36(53)18-20-45(34,5)40(38)27-39(37)31(46)3)51(28-29)23-9-11-35(52)10-7-6-8-22-48-43(54)17-14-33-13-12-30(2)41(25-33)49-50-47/h12-13,15,25,29,32,36-38,40,42,44,53H,6-11,14,16-24,26-28H2,1-5H3,(H,48,54)/t29-,32+,36-,37?,38-,40-,42+,44-,45-,46-/m0/s1. The molecule has 2 saturated heterocycles. The number of rotatable bonds is 14. The van der Waals surface area contributed by atoms with Crippen LogP contribution < -0.4 is 5.32 Å². The number of carbonyl (C=O) groups is 2. The van der Waals surface area contributed by atoms with Gasteiger partial charge in [-0.15, -0.1) is 0 Å². The number of likely N-dealkylation sites (tertiary alicyclic amines) is 1. The molecule has 4 aliphatic carbocycles. The van der Waals surface area contributed by atoms with Gasteiger partial charge < -0.3 is 15.2 Å². The van der Waals surface area contributed by atoms with Crippen LogP contribution in [0, 0.1) is 41.9 Å². The zero-order valence-electron chi connectivity index (χ0n) is 34.3. The van der Waals surface area contributed by atoms with E-state index in [1.807, 2.05) is 25.1 Å². The number of carbonyl (C=O) groups excluding carboxylic acids is 2. The van der Waals surface area contributed by atoms with E-state index in [0.29, 0.717) is 73.4 Å². The van der Waals surface area contributed by atoms with Crippen LogP contribution in [0.15, 0.2) is 46.1 Å². The Labute approximate surface area is 329 Å². The second-order valence-corrected chi connectivity index (χ2v) is 18.8. The molecule has 9 heteroatoms. The number of unbranched alkanes of at least 4 members (excludes halogenated alkanes) is 2. The summed E-state index contributed by atoms with van der Waals surface area (Å²) in [4.78, 5) is 30.9. The molecule has 6 aliphatic rings. The second kappa shape index (κ2) is 16.9. The Morgan fingerprint density at radius 2 is 1.89 bits per heavy atom. The number of benzene rings is 1. The van der Waals surface area contributed by atoms with Crippen LogP contribution in [-0.4, -0.2) is 65.2 Å². The summed E-state index contributed by atoms with van der Waals surface area (Å²) in [5, 5.41) is 17.2. The maximum atomic E-state index is 13.0. The number of fused-ring (bicyclic) bond motifs is 6. The lowest BCUT2D eigenvalue weighted by molar-refractivity contribution is -0.121. The predicted molar refractivity (Wildman–Crippen MR) is 218 cm³/mol. The van der Waals surface area contributed by atoms with Gasteiger partial charge in [0.2, 0.25) is 5.91 Å². The fourth-order valence-electron chi connectivity index (χ4n) is 12.5. The number of azide groups is 1. The van der Waals surface area contributed by atoms with Gasteiger partial charge in [-0.1, -0.05) is 61.7 Å². The zero-order chi connectivity index (χ0) is 38.9. The minimum Gasteiger partial charge on any atom is -0.393 e. The van der Waals surface area contributed by atoms with Crippen molar-refractivity contribution < 1.29 is 19.4 Å². The first-order valence-electron chi connectivity index (χ1n) is 21.9. The molecular weight excluding hydrogens is 687 g/mol. The fraction of sp³-hybridized carbons (Fsp3) is 0.739. The molecule has 2 saturated carbocycles. The van der Waals surface area contributed by atoms with Crippen LogP contribution in [0.3, 0.4) is 0 Å². The number of aliphatic hydroxyl groups is 1. The molecule has 0 radical (unpaired) electrons. The van der Waals surface area contributed by atoms with E-state index in [-0.39, 0.29) is 29.1 Å². The van der Waals surface area contributed by atoms with Crippen molar-refractivity contribution in [1.29, 1.82) is 0 Å². The average Bonchev–Trinajstić information content (AvgIpc) is 3.68. The third kappa shape index (κ3) is 8.10. The van der Waals surface area contributed by atoms with Gasteiger partial charge in [0.15, 0.2) is 0 Å². The molecule has 10 atom stereocenters. The lowest BCUT2D eigenvalue weighted by atomic mass is 9.56. The summed E-state index contributed by atoms with van der Waals surface area (Å²) in [5.41, 5.74) is 16.2. The number of piperidine rings is 1. The molecule has 2 aliphatic heterocycles. The Bertz CT molecular complexity index is 1710. The largest absolute Gasteiger partial charge is 0.393 e. The maximum absolute atomic E-state index is 13.0. The molecule has 1 unspecified atom stereocenters. The van der Waals surface area contributed by atoms with Crippen molar-refractivity contribution in [2.45, 2.75) is 161 Å². The molecule has 1 amide bonds. The van der Waals surface area contributed by atoms with Gasteiger partial charge >= 0.3 is 0 Å². The van der Waals surface area contributed by atoms with Crippen LogP contribution in [0.1, 0.15) is 135 Å². The van der Waals surface area contributed by atoms with Crippen molar-refractivity contribution in [1.82, 2.24) is 10.2 Å². The Kier molecular flexibility index (Phi) is 12.3. The lowest BCUT2D eigenvalue weighted by Gasteiger charge is -2.49. The number of amides is 1. The molecule has 1 spiro atoms. The van der Waals surface area contributed by atoms with E-state index in [1.165, 1.54) is 24.8 Å². The summed E-state index contributed by atoms with van der Waals surface area (Å²) >= 11 is 0. The van der Waals surface area contributed by atoms with Crippen LogP contribution in [0.25, 0.3) is 10.4 Å². The van der Waals surface area contributed by atoms with Crippen LogP contribution >= 0.6 is 0 Å². The highest BCUT2D eigenvalue weighted by atomic mass is 16.5. The van der Waals surface area contributed by atoms with E-state index in [2.05, 4.69) is 54.0 Å². The fourth-order valence-corrected chi connectivity index (χ4v) is 12.5. The molecule has 2 heterocycles. The van der Waals surface area contributed by atoms with E-state index < -0.39 is 0 Å². The van der Waals surface area contributed by atoms with Crippen molar-refractivity contribution in [2.75, 3.05) is 19.6 Å². The average molecular weight is 754 g/mol. The molecule has 2 N–H and O–H groups in total. The van der Waals surface area contributed by atoms with E-state index in [4.69, 9.17) is 10.3 Å². The van der Waals surface area contributed by atoms with E-state index in [0.717, 1.165) is 87.9 Å². The van der Waals surface area contributed by atoms with Crippen LogP contribution in [-0.2, 0) is 20.7 Å². The summed E-state index contributed by atoms with van der Waals surface area (Å²) in [6.45, 7) is 14.4. The van der Waals surface area contributed by atoms with Gasteiger partial charge in [0.1, 0.15) is 5.78 Å². The highest BCUT2D eigenvalue weighted by Gasteiger charge is 2.61. The van der Waals surface area contributed by atoms with E-state index in [1.54, 1.807) is 11.1 Å². The van der Waals surface area contributed by atoms with Crippen molar-refractivity contribution in [3.05, 3.63) is 62.6 Å². The number of nitrogens with zero attached hydrogens (tertiary/aromatic N) is 4. The summed E-state index contributed by atoms with van der Waals surface area (Å²) in [7, 11) is 0. The van der Waals surface area contributed by atoms with Crippen LogP contribution in [0.4, 0.5) is 5.69 Å². The number of allylic oxidation sites excluding steroid dienone is 2. The lowest BCUT2D eigenvalue weighted by Crippen LogP contribution is -2.52. The minimum absolute atomic E-state index is 0.0202. The summed E-state index contributed by atoms with van der Waals surface area (Å²) in [6, 6.07) is 6.15. The SMILES string of the molecule is CC1=C2C[C@H]3[C@@H](CC=C4C[C@@H](O)CC[C@@]43C)C2CC[C@]12O[C@@H]1C[C@H](C)CN(CCCC(=O)CCCCCNC(=O)CCc3ccc(C)c(N=[N+]=[N-])c3)[C@H]1[C@H]2C. The minimum atomic E-state index is -0.161.